The summed E-state index contributed by atoms with van der Waals surface area (Å²) in [5.74, 6) is -0.0312. The summed E-state index contributed by atoms with van der Waals surface area (Å²) in [6, 6.07) is -0.536. The van der Waals surface area contributed by atoms with Gasteiger partial charge in [0.1, 0.15) is 0 Å². The SMILES string of the molecule is CCCCCCCC/C=C\CCCCCCCCCC(=O)NC(CO)C(O)CCCCCCCCCCCCCCCCCCCCCCCCCCCCCC. The smallest absolute Gasteiger partial charge is 0.220 e. The Hall–Kier alpha value is -0.870. The highest BCUT2D eigenvalue weighted by atomic mass is 16.3. The van der Waals surface area contributed by atoms with Crippen LogP contribution >= 0.6 is 0 Å². The molecule has 0 aliphatic carbocycles. The first-order valence-corrected chi connectivity index (χ1v) is 26.4. The third kappa shape index (κ3) is 46.1. The highest BCUT2D eigenvalue weighted by molar-refractivity contribution is 5.76. The molecule has 0 heterocycles. The molecular weight excluding hydrogens is 699 g/mol. The molecule has 0 rings (SSSR count). The molecule has 0 saturated heterocycles. The quantitative estimate of drug-likeness (QED) is 0.0424. The first-order valence-electron chi connectivity index (χ1n) is 26.4. The number of carbonyl (C=O) groups excluding carboxylic acids is 1. The number of rotatable bonds is 49. The fourth-order valence-corrected chi connectivity index (χ4v) is 8.48. The van der Waals surface area contributed by atoms with Crippen LogP contribution in [0, 0.1) is 0 Å². The zero-order valence-corrected chi connectivity index (χ0v) is 39.1. The minimum atomic E-state index is -0.659. The Morgan fingerprint density at radius 2 is 0.667 bits per heavy atom. The Morgan fingerprint density at radius 3 is 0.965 bits per heavy atom. The molecular formula is C53H105NO3. The number of aliphatic hydroxyl groups is 2. The molecule has 0 aromatic carbocycles. The fourth-order valence-electron chi connectivity index (χ4n) is 8.48. The minimum Gasteiger partial charge on any atom is -0.394 e. The number of hydrogen-bond acceptors (Lipinski definition) is 3. The molecule has 0 aromatic heterocycles. The van der Waals surface area contributed by atoms with Gasteiger partial charge in [-0.3, -0.25) is 4.79 Å². The molecule has 0 bridgehead atoms. The van der Waals surface area contributed by atoms with E-state index in [4.69, 9.17) is 0 Å². The van der Waals surface area contributed by atoms with Crippen molar-refractivity contribution < 1.29 is 15.0 Å². The van der Waals surface area contributed by atoms with Gasteiger partial charge in [-0.1, -0.05) is 270 Å². The Balaban J connectivity index is 3.42. The number of aliphatic hydroxyl groups excluding tert-OH is 2. The van der Waals surface area contributed by atoms with Gasteiger partial charge in [0, 0.05) is 6.42 Å². The second kappa shape index (κ2) is 49.5. The number of carbonyl (C=O) groups is 1. The summed E-state index contributed by atoms with van der Waals surface area (Å²) in [7, 11) is 0. The van der Waals surface area contributed by atoms with E-state index in [1.54, 1.807) is 0 Å². The highest BCUT2D eigenvalue weighted by Crippen LogP contribution is 2.18. The summed E-state index contributed by atoms with van der Waals surface area (Å²) in [6.45, 7) is 4.38. The summed E-state index contributed by atoms with van der Waals surface area (Å²) in [4.78, 5) is 12.4. The van der Waals surface area contributed by atoms with E-state index in [0.29, 0.717) is 12.8 Å². The van der Waals surface area contributed by atoms with Gasteiger partial charge in [-0.2, -0.15) is 0 Å². The van der Waals surface area contributed by atoms with Gasteiger partial charge < -0.3 is 15.5 Å². The molecule has 0 fully saturated rings. The number of hydrogen-bond donors (Lipinski definition) is 3. The van der Waals surface area contributed by atoms with E-state index in [9.17, 15) is 15.0 Å². The van der Waals surface area contributed by atoms with E-state index in [0.717, 1.165) is 25.7 Å². The molecule has 0 saturated carbocycles. The monoisotopic (exact) mass is 804 g/mol. The van der Waals surface area contributed by atoms with Crippen molar-refractivity contribution >= 4 is 5.91 Å². The van der Waals surface area contributed by atoms with Crippen LogP contribution in [0.3, 0.4) is 0 Å². The van der Waals surface area contributed by atoms with Gasteiger partial charge in [-0.25, -0.2) is 0 Å². The van der Waals surface area contributed by atoms with Crippen LogP contribution in [0.5, 0.6) is 0 Å². The molecule has 3 N–H and O–H groups in total. The fraction of sp³-hybridized carbons (Fsp3) is 0.943. The molecule has 0 aliphatic rings. The summed E-state index contributed by atoms with van der Waals surface area (Å²) in [5.41, 5.74) is 0. The van der Waals surface area contributed by atoms with Crippen LogP contribution in [0.15, 0.2) is 12.2 Å². The average Bonchev–Trinajstić information content (AvgIpc) is 3.22. The van der Waals surface area contributed by atoms with Crippen molar-refractivity contribution in [3.8, 4) is 0 Å². The summed E-state index contributed by atoms with van der Waals surface area (Å²) in [5, 5.41) is 23.3. The predicted octanol–water partition coefficient (Wildman–Crippen LogP) is 17.0. The minimum absolute atomic E-state index is 0.0312. The van der Waals surface area contributed by atoms with Crippen molar-refractivity contribution in [3.63, 3.8) is 0 Å². The summed E-state index contributed by atoms with van der Waals surface area (Å²) < 4.78 is 0. The Bertz CT molecular complexity index is 784. The van der Waals surface area contributed by atoms with Gasteiger partial charge in [0.2, 0.25) is 5.91 Å². The van der Waals surface area contributed by atoms with Gasteiger partial charge in [0.15, 0.2) is 0 Å². The Morgan fingerprint density at radius 1 is 0.404 bits per heavy atom. The lowest BCUT2D eigenvalue weighted by atomic mass is 10.0. The molecule has 340 valence electrons. The van der Waals surface area contributed by atoms with Crippen molar-refractivity contribution in [3.05, 3.63) is 12.2 Å². The first-order chi connectivity index (χ1) is 28.2. The zero-order valence-electron chi connectivity index (χ0n) is 39.1. The molecule has 2 unspecified atom stereocenters. The van der Waals surface area contributed by atoms with Gasteiger partial charge in [-0.05, 0) is 38.5 Å². The van der Waals surface area contributed by atoms with E-state index in [-0.39, 0.29) is 12.5 Å². The van der Waals surface area contributed by atoms with Crippen LogP contribution in [0.25, 0.3) is 0 Å². The van der Waals surface area contributed by atoms with Crippen LogP contribution in [-0.2, 0) is 4.79 Å². The van der Waals surface area contributed by atoms with E-state index in [1.807, 2.05) is 0 Å². The van der Waals surface area contributed by atoms with Crippen LogP contribution in [0.1, 0.15) is 303 Å². The maximum atomic E-state index is 12.4. The summed E-state index contributed by atoms with van der Waals surface area (Å²) in [6.07, 6.45) is 63.3. The van der Waals surface area contributed by atoms with Crippen molar-refractivity contribution in [1.29, 1.82) is 0 Å². The third-order valence-corrected chi connectivity index (χ3v) is 12.5. The Kier molecular flexibility index (Phi) is 48.7. The largest absolute Gasteiger partial charge is 0.394 e. The lowest BCUT2D eigenvalue weighted by molar-refractivity contribution is -0.123. The van der Waals surface area contributed by atoms with Crippen molar-refractivity contribution in [2.45, 2.75) is 315 Å². The van der Waals surface area contributed by atoms with Crippen molar-refractivity contribution in [2.24, 2.45) is 0 Å². The van der Waals surface area contributed by atoms with E-state index in [1.165, 1.54) is 250 Å². The Labute approximate surface area is 358 Å². The normalized spacial score (nSPS) is 12.8. The zero-order chi connectivity index (χ0) is 41.4. The van der Waals surface area contributed by atoms with Crippen LogP contribution < -0.4 is 5.32 Å². The lowest BCUT2D eigenvalue weighted by Crippen LogP contribution is -2.45. The van der Waals surface area contributed by atoms with Gasteiger partial charge in [0.25, 0.3) is 0 Å². The third-order valence-electron chi connectivity index (χ3n) is 12.5. The molecule has 0 spiro atoms. The molecule has 2 atom stereocenters. The molecule has 4 heteroatoms. The molecule has 0 aliphatic heterocycles. The number of nitrogens with one attached hydrogen (secondary N) is 1. The number of unbranched alkanes of at least 4 members (excludes halogenated alkanes) is 40. The van der Waals surface area contributed by atoms with E-state index < -0.39 is 12.1 Å². The first kappa shape index (κ1) is 56.1. The maximum absolute atomic E-state index is 12.4. The number of allylic oxidation sites excluding steroid dienone is 2. The standard InChI is InChI=1S/C53H105NO3/c1-3-5-7-9-11-13-15-17-19-21-22-23-24-25-26-27-28-29-30-31-33-34-36-38-40-42-44-46-48-52(56)51(50-55)54-53(57)49-47-45-43-41-39-37-35-32-20-18-16-14-12-10-8-6-4-2/h18,20,51-52,55-56H,3-17,19,21-50H2,1-2H3,(H,54,57)/b20-18-. The average molecular weight is 804 g/mol. The maximum Gasteiger partial charge on any atom is 0.220 e. The van der Waals surface area contributed by atoms with Crippen LogP contribution in [0.4, 0.5) is 0 Å². The second-order valence-corrected chi connectivity index (χ2v) is 18.3. The lowest BCUT2D eigenvalue weighted by Gasteiger charge is -2.22. The molecule has 1 amide bonds. The van der Waals surface area contributed by atoms with Crippen molar-refractivity contribution in [2.75, 3.05) is 6.61 Å². The van der Waals surface area contributed by atoms with E-state index >= 15 is 0 Å². The molecule has 57 heavy (non-hydrogen) atoms. The van der Waals surface area contributed by atoms with Crippen molar-refractivity contribution in [1.82, 2.24) is 5.32 Å². The molecule has 0 radical (unpaired) electrons. The van der Waals surface area contributed by atoms with Gasteiger partial charge in [0.05, 0.1) is 18.8 Å². The molecule has 0 aromatic rings. The second-order valence-electron chi connectivity index (χ2n) is 18.3. The predicted molar refractivity (Wildman–Crippen MR) is 253 cm³/mol. The highest BCUT2D eigenvalue weighted by Gasteiger charge is 2.20. The number of amides is 1. The molecule has 4 nitrogen and oxygen atoms in total. The topological polar surface area (TPSA) is 69.6 Å². The van der Waals surface area contributed by atoms with Crippen LogP contribution in [0.2, 0.25) is 0 Å². The van der Waals surface area contributed by atoms with Crippen LogP contribution in [-0.4, -0.2) is 34.9 Å². The summed E-state index contributed by atoms with van der Waals surface area (Å²) >= 11 is 0. The van der Waals surface area contributed by atoms with E-state index in [2.05, 4.69) is 31.3 Å². The van der Waals surface area contributed by atoms with Gasteiger partial charge >= 0.3 is 0 Å². The van der Waals surface area contributed by atoms with Gasteiger partial charge in [-0.15, -0.1) is 0 Å².